The number of nitrogens with zero attached hydrogens (tertiary/aromatic N) is 6. The van der Waals surface area contributed by atoms with Crippen molar-refractivity contribution in [3.8, 4) is 17.2 Å². The molecule has 0 unspecified atom stereocenters. The predicted molar refractivity (Wildman–Crippen MR) is 100 cm³/mol. The summed E-state index contributed by atoms with van der Waals surface area (Å²) in [5, 5.41) is 16.1. The average Bonchev–Trinajstić information content (AvgIpc) is 3.12. The van der Waals surface area contributed by atoms with Gasteiger partial charge in [-0.2, -0.15) is 13.2 Å². The zero-order valence-corrected chi connectivity index (χ0v) is 15.8. The molecule has 0 fully saturated rings. The van der Waals surface area contributed by atoms with Crippen molar-refractivity contribution in [3.05, 3.63) is 72.1 Å². The summed E-state index contributed by atoms with van der Waals surface area (Å²) in [6, 6.07) is 15.3. The van der Waals surface area contributed by atoms with E-state index >= 15 is 0 Å². The third-order valence-electron chi connectivity index (χ3n) is 3.95. The van der Waals surface area contributed by atoms with E-state index in [2.05, 4.69) is 25.4 Å². The lowest BCUT2D eigenvalue weighted by atomic mass is 10.2. The van der Waals surface area contributed by atoms with Crippen molar-refractivity contribution in [2.45, 2.75) is 23.3 Å². The molecule has 6 nitrogen and oxygen atoms in total. The van der Waals surface area contributed by atoms with Crippen LogP contribution in [0.15, 0.2) is 71.0 Å². The van der Waals surface area contributed by atoms with Gasteiger partial charge in [0.15, 0.2) is 11.5 Å². The number of aromatic nitrogens is 6. The van der Waals surface area contributed by atoms with Gasteiger partial charge in [0.05, 0.1) is 0 Å². The van der Waals surface area contributed by atoms with Crippen molar-refractivity contribution in [2.75, 3.05) is 0 Å². The molecule has 29 heavy (non-hydrogen) atoms. The van der Waals surface area contributed by atoms with Crippen LogP contribution in [0.1, 0.15) is 11.3 Å². The Morgan fingerprint density at radius 2 is 1.66 bits per heavy atom. The second kappa shape index (κ2) is 7.63. The summed E-state index contributed by atoms with van der Waals surface area (Å²) in [6.07, 6.45) is -2.89. The highest BCUT2D eigenvalue weighted by Crippen LogP contribution is 2.32. The van der Waals surface area contributed by atoms with E-state index in [0.29, 0.717) is 16.7 Å². The largest absolute Gasteiger partial charge is 0.435 e. The third-order valence-corrected chi connectivity index (χ3v) is 4.82. The standard InChI is InChI=1S/C19H13F3N6S/c1-12-5-7-13(8-6-12)28-17(14-4-2-3-11-23-14)26-27-18(28)29-16-10-9-15(24-25-16)19(20,21)22/h2-11H,1H3. The monoisotopic (exact) mass is 414 g/mol. The van der Waals surface area contributed by atoms with Crippen LogP contribution in [0.5, 0.6) is 0 Å². The molecule has 0 spiro atoms. The molecular weight excluding hydrogens is 401 g/mol. The number of hydrogen-bond acceptors (Lipinski definition) is 6. The Labute approximate surface area is 167 Å². The molecule has 0 amide bonds. The maximum absolute atomic E-state index is 12.7. The topological polar surface area (TPSA) is 69.4 Å². The normalized spacial score (nSPS) is 11.6. The number of halogens is 3. The molecule has 4 rings (SSSR count). The lowest BCUT2D eigenvalue weighted by Crippen LogP contribution is -2.09. The molecule has 0 atom stereocenters. The number of hydrogen-bond donors (Lipinski definition) is 0. The molecule has 0 radical (unpaired) electrons. The van der Waals surface area contributed by atoms with E-state index in [4.69, 9.17) is 0 Å². The molecule has 0 saturated heterocycles. The van der Waals surface area contributed by atoms with Crippen LogP contribution in [0.25, 0.3) is 17.2 Å². The van der Waals surface area contributed by atoms with Crippen LogP contribution < -0.4 is 0 Å². The highest BCUT2D eigenvalue weighted by Gasteiger charge is 2.33. The molecule has 0 aliphatic carbocycles. The van der Waals surface area contributed by atoms with E-state index < -0.39 is 11.9 Å². The molecule has 0 saturated carbocycles. The van der Waals surface area contributed by atoms with Crippen LogP contribution >= 0.6 is 11.8 Å². The van der Waals surface area contributed by atoms with Crippen molar-refractivity contribution in [2.24, 2.45) is 0 Å². The minimum Gasteiger partial charge on any atom is -0.268 e. The van der Waals surface area contributed by atoms with E-state index in [9.17, 15) is 13.2 Å². The van der Waals surface area contributed by atoms with Gasteiger partial charge in [-0.15, -0.1) is 20.4 Å². The second-order valence-electron chi connectivity index (χ2n) is 6.05. The SMILES string of the molecule is Cc1ccc(-n2c(Sc3ccc(C(F)(F)F)nn3)nnc2-c2ccccn2)cc1. The maximum Gasteiger partial charge on any atom is 0.435 e. The van der Waals surface area contributed by atoms with Crippen LogP contribution in [0.2, 0.25) is 0 Å². The van der Waals surface area contributed by atoms with Crippen LogP contribution in [0.3, 0.4) is 0 Å². The van der Waals surface area contributed by atoms with Crippen molar-refractivity contribution >= 4 is 11.8 Å². The van der Waals surface area contributed by atoms with Gasteiger partial charge >= 0.3 is 6.18 Å². The minimum absolute atomic E-state index is 0.270. The quantitative estimate of drug-likeness (QED) is 0.486. The van der Waals surface area contributed by atoms with Gasteiger partial charge in [0, 0.05) is 11.9 Å². The Hall–Kier alpha value is -3.27. The molecule has 146 valence electrons. The molecule has 10 heteroatoms. The molecule has 3 aromatic heterocycles. The Balaban J connectivity index is 1.75. The van der Waals surface area contributed by atoms with Gasteiger partial charge in [0.1, 0.15) is 10.7 Å². The first-order chi connectivity index (χ1) is 13.9. The Bertz CT molecular complexity index is 1110. The highest BCUT2D eigenvalue weighted by atomic mass is 32.2. The lowest BCUT2D eigenvalue weighted by Gasteiger charge is -2.10. The summed E-state index contributed by atoms with van der Waals surface area (Å²) in [7, 11) is 0. The number of aryl methyl sites for hydroxylation is 1. The fourth-order valence-electron chi connectivity index (χ4n) is 2.54. The summed E-state index contributed by atoms with van der Waals surface area (Å²) in [5.74, 6) is 0.511. The molecule has 0 aliphatic rings. The fourth-order valence-corrected chi connectivity index (χ4v) is 3.31. The van der Waals surface area contributed by atoms with E-state index in [1.165, 1.54) is 6.07 Å². The molecule has 0 aliphatic heterocycles. The molecular formula is C19H13F3N6S. The van der Waals surface area contributed by atoms with E-state index in [1.807, 2.05) is 37.3 Å². The van der Waals surface area contributed by atoms with Gasteiger partial charge < -0.3 is 0 Å². The van der Waals surface area contributed by atoms with E-state index in [-0.39, 0.29) is 5.03 Å². The van der Waals surface area contributed by atoms with Crippen LogP contribution in [-0.4, -0.2) is 29.9 Å². The Morgan fingerprint density at radius 1 is 0.862 bits per heavy atom. The second-order valence-corrected chi connectivity index (χ2v) is 7.04. The van der Waals surface area contributed by atoms with Gasteiger partial charge in [-0.05, 0) is 55.1 Å². The molecule has 3 heterocycles. The average molecular weight is 414 g/mol. The Morgan fingerprint density at radius 3 is 2.28 bits per heavy atom. The van der Waals surface area contributed by atoms with E-state index in [1.54, 1.807) is 22.9 Å². The van der Waals surface area contributed by atoms with Gasteiger partial charge in [-0.25, -0.2) is 0 Å². The lowest BCUT2D eigenvalue weighted by molar-refractivity contribution is -0.141. The van der Waals surface area contributed by atoms with Crippen molar-refractivity contribution < 1.29 is 13.2 Å². The summed E-state index contributed by atoms with van der Waals surface area (Å²) in [6.45, 7) is 1.98. The molecule has 1 aromatic carbocycles. The predicted octanol–water partition coefficient (Wildman–Crippen LogP) is 4.60. The molecule has 0 bridgehead atoms. The van der Waals surface area contributed by atoms with Gasteiger partial charge in [-0.1, -0.05) is 23.8 Å². The summed E-state index contributed by atoms with van der Waals surface area (Å²) in [5.41, 5.74) is 1.45. The number of pyridine rings is 1. The van der Waals surface area contributed by atoms with Gasteiger partial charge in [-0.3, -0.25) is 9.55 Å². The molecule has 4 aromatic rings. The first kappa shape index (κ1) is 19.1. The third kappa shape index (κ3) is 4.11. The highest BCUT2D eigenvalue weighted by molar-refractivity contribution is 7.99. The minimum atomic E-state index is -4.54. The zero-order valence-electron chi connectivity index (χ0n) is 15.0. The number of rotatable bonds is 4. The van der Waals surface area contributed by atoms with Crippen molar-refractivity contribution in [1.29, 1.82) is 0 Å². The van der Waals surface area contributed by atoms with Gasteiger partial charge in [0.2, 0.25) is 5.16 Å². The van der Waals surface area contributed by atoms with Crippen LogP contribution in [0, 0.1) is 6.92 Å². The fraction of sp³-hybridized carbons (Fsp3) is 0.105. The zero-order chi connectivity index (χ0) is 20.4. The number of benzene rings is 1. The number of alkyl halides is 3. The summed E-state index contributed by atoms with van der Waals surface area (Å²) < 4.78 is 39.9. The Kier molecular flexibility index (Phi) is 5.01. The first-order valence-electron chi connectivity index (χ1n) is 8.44. The smallest absolute Gasteiger partial charge is 0.268 e. The maximum atomic E-state index is 12.7. The molecule has 0 N–H and O–H groups in total. The van der Waals surface area contributed by atoms with Crippen LogP contribution in [-0.2, 0) is 6.18 Å². The van der Waals surface area contributed by atoms with Gasteiger partial charge in [0.25, 0.3) is 0 Å². The summed E-state index contributed by atoms with van der Waals surface area (Å²) >= 11 is 1.07. The van der Waals surface area contributed by atoms with Crippen LogP contribution in [0.4, 0.5) is 13.2 Å². The van der Waals surface area contributed by atoms with Crippen molar-refractivity contribution in [3.63, 3.8) is 0 Å². The first-order valence-corrected chi connectivity index (χ1v) is 9.26. The summed E-state index contributed by atoms with van der Waals surface area (Å²) in [4.78, 5) is 4.33. The van der Waals surface area contributed by atoms with Crippen molar-refractivity contribution in [1.82, 2.24) is 29.9 Å². The van der Waals surface area contributed by atoms with E-state index in [0.717, 1.165) is 29.1 Å².